The van der Waals surface area contributed by atoms with E-state index in [2.05, 4.69) is 5.32 Å². The highest BCUT2D eigenvalue weighted by Crippen LogP contribution is 2.21. The molecule has 1 atom stereocenters. The van der Waals surface area contributed by atoms with E-state index in [0.717, 1.165) is 53.1 Å². The van der Waals surface area contributed by atoms with Crippen molar-refractivity contribution in [3.63, 3.8) is 0 Å². The molecule has 1 aliphatic carbocycles. The van der Waals surface area contributed by atoms with Gasteiger partial charge in [0, 0.05) is 31.1 Å². The largest absolute Gasteiger partial charge is 0.352 e. The highest BCUT2D eigenvalue weighted by atomic mass is 35.5. The molecule has 1 fully saturated rings. The van der Waals surface area contributed by atoms with Crippen molar-refractivity contribution in [2.45, 2.75) is 69.0 Å². The molecule has 1 unspecified atom stereocenters. The molecule has 0 saturated heterocycles. The van der Waals surface area contributed by atoms with Gasteiger partial charge in [0.15, 0.2) is 0 Å². The van der Waals surface area contributed by atoms with Crippen LogP contribution in [0.25, 0.3) is 0 Å². The van der Waals surface area contributed by atoms with Crippen molar-refractivity contribution < 1.29 is 18.0 Å². The molecule has 1 N–H and O–H groups in total. The summed E-state index contributed by atoms with van der Waals surface area (Å²) in [6.07, 6.45) is 5.39. The average Bonchev–Trinajstić information content (AvgIpc) is 2.97. The Morgan fingerprint density at radius 2 is 1.54 bits per heavy atom. The average molecular weight is 596 g/mol. The van der Waals surface area contributed by atoms with E-state index in [4.69, 9.17) is 11.6 Å². The highest BCUT2D eigenvalue weighted by Gasteiger charge is 2.34. The van der Waals surface area contributed by atoms with E-state index in [1.54, 1.807) is 24.3 Å². The normalized spacial score (nSPS) is 14.9. The SMILES string of the molecule is Cc1ccc(S(=O)(=O)N(C)CC(=O)N(Cc2ccc(Cl)cc2)C(Cc2ccccc2)C(=O)NC2CCCCC2)cc1. The van der Waals surface area contributed by atoms with E-state index >= 15 is 0 Å². The minimum absolute atomic E-state index is 0.0617. The molecule has 218 valence electrons. The van der Waals surface area contributed by atoms with E-state index < -0.39 is 28.5 Å². The van der Waals surface area contributed by atoms with Crippen LogP contribution >= 0.6 is 11.6 Å². The number of halogens is 1. The fourth-order valence-electron chi connectivity index (χ4n) is 5.14. The second kappa shape index (κ2) is 14.1. The monoisotopic (exact) mass is 595 g/mol. The predicted molar refractivity (Wildman–Crippen MR) is 162 cm³/mol. The molecular weight excluding hydrogens is 558 g/mol. The predicted octanol–water partition coefficient (Wildman–Crippen LogP) is 5.36. The molecule has 2 amide bonds. The van der Waals surface area contributed by atoms with Crippen LogP contribution in [0.3, 0.4) is 0 Å². The number of nitrogens with one attached hydrogen (secondary N) is 1. The maximum absolute atomic E-state index is 14.0. The van der Waals surface area contributed by atoms with Crippen molar-refractivity contribution >= 4 is 33.4 Å². The molecule has 0 spiro atoms. The van der Waals surface area contributed by atoms with Crippen LogP contribution in [0, 0.1) is 6.92 Å². The Morgan fingerprint density at radius 1 is 0.902 bits per heavy atom. The molecule has 4 rings (SSSR count). The molecule has 0 heterocycles. The molecular formula is C32H38ClN3O4S. The summed E-state index contributed by atoms with van der Waals surface area (Å²) in [4.78, 5) is 29.5. The van der Waals surface area contributed by atoms with Gasteiger partial charge in [0.25, 0.3) is 0 Å². The number of rotatable bonds is 11. The van der Waals surface area contributed by atoms with Gasteiger partial charge in [0.1, 0.15) is 6.04 Å². The Hall–Kier alpha value is -3.20. The van der Waals surface area contributed by atoms with Crippen molar-refractivity contribution in [3.05, 3.63) is 101 Å². The number of sulfonamides is 1. The smallest absolute Gasteiger partial charge is 0.243 e. The molecule has 41 heavy (non-hydrogen) atoms. The van der Waals surface area contributed by atoms with Crippen LogP contribution in [0.5, 0.6) is 0 Å². The first-order chi connectivity index (χ1) is 19.6. The van der Waals surface area contributed by atoms with E-state index in [1.165, 1.54) is 24.1 Å². The van der Waals surface area contributed by atoms with Gasteiger partial charge in [-0.3, -0.25) is 9.59 Å². The Balaban J connectivity index is 1.65. The molecule has 0 bridgehead atoms. The molecule has 3 aromatic rings. The minimum Gasteiger partial charge on any atom is -0.352 e. The first kappa shape index (κ1) is 30.8. The number of carbonyl (C=O) groups is 2. The summed E-state index contributed by atoms with van der Waals surface area (Å²) in [5.41, 5.74) is 2.63. The van der Waals surface area contributed by atoms with Gasteiger partial charge in [0.2, 0.25) is 21.8 Å². The summed E-state index contributed by atoms with van der Waals surface area (Å²) in [5, 5.41) is 3.76. The summed E-state index contributed by atoms with van der Waals surface area (Å²) in [6, 6.07) is 22.4. The third-order valence-electron chi connectivity index (χ3n) is 7.58. The van der Waals surface area contributed by atoms with Crippen LogP contribution in [0.2, 0.25) is 5.02 Å². The second-order valence-electron chi connectivity index (χ2n) is 10.8. The Labute approximate surface area is 248 Å². The zero-order chi connectivity index (χ0) is 29.4. The fraction of sp³-hybridized carbons (Fsp3) is 0.375. The molecule has 1 saturated carbocycles. The molecule has 3 aromatic carbocycles. The van der Waals surface area contributed by atoms with Gasteiger partial charge < -0.3 is 10.2 Å². The van der Waals surface area contributed by atoms with E-state index in [1.807, 2.05) is 49.4 Å². The number of carbonyl (C=O) groups excluding carboxylic acids is 2. The number of likely N-dealkylation sites (N-methyl/N-ethyl adjacent to an activating group) is 1. The summed E-state index contributed by atoms with van der Waals surface area (Å²) >= 11 is 6.11. The first-order valence-electron chi connectivity index (χ1n) is 14.0. The number of nitrogens with zero attached hydrogens (tertiary/aromatic N) is 2. The maximum atomic E-state index is 14.0. The molecule has 0 aliphatic heterocycles. The molecule has 1 aliphatic rings. The van der Waals surface area contributed by atoms with Gasteiger partial charge >= 0.3 is 0 Å². The van der Waals surface area contributed by atoms with Crippen LogP contribution < -0.4 is 5.32 Å². The van der Waals surface area contributed by atoms with Crippen LogP contribution in [-0.4, -0.2) is 55.1 Å². The Kier molecular flexibility index (Phi) is 10.6. The van der Waals surface area contributed by atoms with Crippen LogP contribution in [0.15, 0.2) is 83.8 Å². The van der Waals surface area contributed by atoms with Gasteiger partial charge in [-0.15, -0.1) is 0 Å². The zero-order valence-electron chi connectivity index (χ0n) is 23.6. The molecule has 7 nitrogen and oxygen atoms in total. The van der Waals surface area contributed by atoms with Crippen molar-refractivity contribution in [2.75, 3.05) is 13.6 Å². The third-order valence-corrected chi connectivity index (χ3v) is 9.65. The van der Waals surface area contributed by atoms with E-state index in [9.17, 15) is 18.0 Å². The van der Waals surface area contributed by atoms with Gasteiger partial charge in [-0.1, -0.05) is 91.0 Å². The summed E-state index contributed by atoms with van der Waals surface area (Å²) in [5.74, 6) is -0.690. The quantitative estimate of drug-likeness (QED) is 0.323. The van der Waals surface area contributed by atoms with E-state index in [0.29, 0.717) is 11.4 Å². The second-order valence-corrected chi connectivity index (χ2v) is 13.3. The highest BCUT2D eigenvalue weighted by molar-refractivity contribution is 7.89. The standard InChI is InChI=1S/C32H38ClN3O4S/c1-24-13-19-29(20-14-24)41(39,40)35(2)23-31(37)36(22-26-15-17-27(33)18-16-26)30(21-25-9-5-3-6-10-25)32(38)34-28-11-7-4-8-12-28/h3,5-6,9-10,13-20,28,30H,4,7-8,11-12,21-23H2,1-2H3,(H,34,38). The Morgan fingerprint density at radius 3 is 2.17 bits per heavy atom. The number of amides is 2. The lowest BCUT2D eigenvalue weighted by atomic mass is 9.94. The van der Waals surface area contributed by atoms with Crippen LogP contribution in [0.1, 0.15) is 48.8 Å². The Bertz CT molecular complexity index is 1410. The van der Waals surface area contributed by atoms with Crippen molar-refractivity contribution in [2.24, 2.45) is 0 Å². The number of aryl methyl sites for hydroxylation is 1. The molecule has 0 radical (unpaired) electrons. The van der Waals surface area contributed by atoms with E-state index in [-0.39, 0.29) is 23.4 Å². The van der Waals surface area contributed by atoms with Crippen molar-refractivity contribution in [3.8, 4) is 0 Å². The van der Waals surface area contributed by atoms with Gasteiger partial charge in [0.05, 0.1) is 11.4 Å². The molecule has 0 aromatic heterocycles. The topological polar surface area (TPSA) is 86.8 Å². The summed E-state index contributed by atoms with van der Waals surface area (Å²) in [6.45, 7) is 1.60. The lowest BCUT2D eigenvalue weighted by Gasteiger charge is -2.34. The number of hydrogen-bond acceptors (Lipinski definition) is 4. The maximum Gasteiger partial charge on any atom is 0.243 e. The zero-order valence-corrected chi connectivity index (χ0v) is 25.2. The van der Waals surface area contributed by atoms with Gasteiger partial charge in [-0.25, -0.2) is 8.42 Å². The van der Waals surface area contributed by atoms with Crippen molar-refractivity contribution in [1.82, 2.24) is 14.5 Å². The summed E-state index contributed by atoms with van der Waals surface area (Å²) in [7, 11) is -2.53. The van der Waals surface area contributed by atoms with Crippen LogP contribution in [0.4, 0.5) is 0 Å². The minimum atomic E-state index is -3.92. The third kappa shape index (κ3) is 8.41. The van der Waals surface area contributed by atoms with Crippen LogP contribution in [-0.2, 0) is 32.6 Å². The van der Waals surface area contributed by atoms with Gasteiger partial charge in [-0.2, -0.15) is 4.31 Å². The summed E-state index contributed by atoms with van der Waals surface area (Å²) < 4.78 is 27.7. The lowest BCUT2D eigenvalue weighted by Crippen LogP contribution is -2.54. The lowest BCUT2D eigenvalue weighted by molar-refractivity contribution is -0.141. The first-order valence-corrected chi connectivity index (χ1v) is 15.9. The molecule has 9 heteroatoms. The number of benzene rings is 3. The van der Waals surface area contributed by atoms with Crippen molar-refractivity contribution in [1.29, 1.82) is 0 Å². The van der Waals surface area contributed by atoms with Gasteiger partial charge in [-0.05, 0) is 55.2 Å². The fourth-order valence-corrected chi connectivity index (χ4v) is 6.39. The number of hydrogen-bond donors (Lipinski definition) is 1.